The summed E-state index contributed by atoms with van der Waals surface area (Å²) in [7, 11) is 0. The Morgan fingerprint density at radius 2 is 0.900 bits per heavy atom. The van der Waals surface area contributed by atoms with E-state index in [4.69, 9.17) is 0 Å². The summed E-state index contributed by atoms with van der Waals surface area (Å²) in [6.07, 6.45) is 22.8. The van der Waals surface area contributed by atoms with E-state index in [1.54, 1.807) is 17.7 Å². The second kappa shape index (κ2) is 27.5. The Hall–Kier alpha value is -1.12. The molecule has 2 aromatic rings. The maximum atomic E-state index is 10.6. The fourth-order valence-electron chi connectivity index (χ4n) is 7.71. The first-order valence-corrected chi connectivity index (χ1v) is 18.2. The van der Waals surface area contributed by atoms with Crippen molar-refractivity contribution in [2.75, 3.05) is 0 Å². The van der Waals surface area contributed by atoms with Crippen molar-refractivity contribution in [3.05, 3.63) is 105 Å². The van der Waals surface area contributed by atoms with Gasteiger partial charge in [-0.3, -0.25) is 10.1 Å². The van der Waals surface area contributed by atoms with Crippen LogP contribution in [-0.2, 0) is 34.1 Å². The molecule has 6 rings (SSSR count). The smallest absolute Gasteiger partial charge is 0.358 e. The quantitative estimate of drug-likeness (QED) is 0.135. The molecule has 4 saturated carbocycles. The van der Waals surface area contributed by atoms with E-state index in [0.717, 1.165) is 17.8 Å². The van der Waals surface area contributed by atoms with Gasteiger partial charge in [-0.15, -0.1) is 0 Å². The van der Waals surface area contributed by atoms with Crippen molar-refractivity contribution in [2.24, 2.45) is 22.7 Å². The molecular formula is C45H77Fe2NO2. The zero-order valence-corrected chi connectivity index (χ0v) is 36.4. The van der Waals surface area contributed by atoms with Crippen molar-refractivity contribution in [1.82, 2.24) is 0 Å². The molecule has 290 valence electrons. The van der Waals surface area contributed by atoms with Gasteiger partial charge in [-0.05, 0) is 97.5 Å². The summed E-state index contributed by atoms with van der Waals surface area (Å²) in [5.41, 5.74) is 5.32. The number of nitro groups is 1. The molecule has 0 bridgehead atoms. The van der Waals surface area contributed by atoms with Crippen LogP contribution in [0.3, 0.4) is 0 Å². The summed E-state index contributed by atoms with van der Waals surface area (Å²) in [5, 5.41) is 10.6. The summed E-state index contributed by atoms with van der Waals surface area (Å²) in [6.45, 7) is 16.1. The molecule has 4 fully saturated rings. The van der Waals surface area contributed by atoms with Gasteiger partial charge in [0.25, 0.3) is 5.69 Å². The number of benzene rings is 2. The molecule has 4 aliphatic carbocycles. The fraction of sp³-hybridized carbons (Fsp3) is 0.644. The molecule has 0 radical (unpaired) electrons. The number of hydrogen-bond acceptors (Lipinski definition) is 2. The molecule has 0 aliphatic heterocycles. The van der Waals surface area contributed by atoms with Gasteiger partial charge < -0.3 is 29.7 Å². The van der Waals surface area contributed by atoms with Crippen LogP contribution >= 0.6 is 0 Å². The first kappa shape index (κ1) is 55.6. The Morgan fingerprint density at radius 1 is 0.520 bits per heavy atom. The van der Waals surface area contributed by atoms with Crippen molar-refractivity contribution in [3.8, 4) is 0 Å². The van der Waals surface area contributed by atoms with Crippen LogP contribution in [0.1, 0.15) is 173 Å². The summed E-state index contributed by atoms with van der Waals surface area (Å²) >= 11 is 0. The normalized spacial score (nSPS) is 19.7. The SMILES string of the molecule is C1CCCC1.CC(C)(C)C1CCC(c2ccc([N+](=O)[O-])cc2)C1.CC(C)(C)C1CCCC1.Cc1ccc(C2CCCC2)cc1.[CH3-].[CH3-].[CH3-].[CH3-].[Fe+2].[Fe+2]. The maximum absolute atomic E-state index is 10.6. The molecule has 0 N–H and O–H groups in total. The van der Waals surface area contributed by atoms with Gasteiger partial charge >= 0.3 is 34.1 Å². The molecule has 0 saturated heterocycles. The third kappa shape index (κ3) is 19.6. The molecule has 4 aliphatic rings. The molecule has 3 nitrogen and oxygen atoms in total. The largest absolute Gasteiger partial charge is 2.00 e. The van der Waals surface area contributed by atoms with E-state index in [1.807, 2.05) is 12.1 Å². The van der Waals surface area contributed by atoms with Crippen LogP contribution in [0.5, 0.6) is 0 Å². The Morgan fingerprint density at radius 3 is 1.26 bits per heavy atom. The topological polar surface area (TPSA) is 43.1 Å². The summed E-state index contributed by atoms with van der Waals surface area (Å²) in [6, 6.07) is 16.2. The van der Waals surface area contributed by atoms with E-state index in [-0.39, 0.29) is 74.5 Å². The van der Waals surface area contributed by atoms with Crippen molar-refractivity contribution in [2.45, 2.75) is 163 Å². The molecule has 2 atom stereocenters. The van der Waals surface area contributed by atoms with Gasteiger partial charge in [-0.2, -0.15) is 0 Å². The minimum Gasteiger partial charge on any atom is -0.358 e. The molecule has 0 spiro atoms. The average Bonchev–Trinajstić information content (AvgIpc) is 3.81. The van der Waals surface area contributed by atoms with Gasteiger partial charge in [-0.1, -0.05) is 141 Å². The van der Waals surface area contributed by atoms with Crippen LogP contribution in [0.2, 0.25) is 0 Å². The molecule has 5 heteroatoms. The van der Waals surface area contributed by atoms with Crippen LogP contribution in [0.4, 0.5) is 5.69 Å². The second-order valence-electron chi connectivity index (χ2n) is 16.4. The predicted molar refractivity (Wildman–Crippen MR) is 215 cm³/mol. The van der Waals surface area contributed by atoms with Gasteiger partial charge in [0.15, 0.2) is 0 Å². The number of non-ortho nitro benzene ring substituents is 1. The number of hydrogen-bond donors (Lipinski definition) is 0. The molecule has 2 unspecified atom stereocenters. The summed E-state index contributed by atoms with van der Waals surface area (Å²) < 4.78 is 0. The van der Waals surface area contributed by atoms with Crippen LogP contribution < -0.4 is 0 Å². The Labute approximate surface area is 333 Å². The Kier molecular flexibility index (Phi) is 30.6. The fourth-order valence-corrected chi connectivity index (χ4v) is 7.71. The van der Waals surface area contributed by atoms with Crippen LogP contribution in [-0.4, -0.2) is 4.92 Å². The van der Waals surface area contributed by atoms with E-state index < -0.39 is 0 Å². The van der Waals surface area contributed by atoms with Gasteiger partial charge in [0.1, 0.15) is 0 Å². The third-order valence-corrected chi connectivity index (χ3v) is 11.0. The molecule has 2 aromatic carbocycles. The van der Waals surface area contributed by atoms with E-state index in [1.165, 1.54) is 114 Å². The summed E-state index contributed by atoms with van der Waals surface area (Å²) in [5.74, 6) is 3.22. The predicted octanol–water partition coefficient (Wildman–Crippen LogP) is 15.1. The molecule has 0 amide bonds. The summed E-state index contributed by atoms with van der Waals surface area (Å²) in [4.78, 5) is 10.3. The van der Waals surface area contributed by atoms with Crippen molar-refractivity contribution < 1.29 is 39.1 Å². The average molecular weight is 776 g/mol. The monoisotopic (exact) mass is 775 g/mol. The van der Waals surface area contributed by atoms with Gasteiger partial charge in [0, 0.05) is 12.1 Å². The zero-order chi connectivity index (χ0) is 32.2. The molecule has 0 aromatic heterocycles. The van der Waals surface area contributed by atoms with Crippen LogP contribution in [0.15, 0.2) is 48.5 Å². The third-order valence-electron chi connectivity index (χ3n) is 11.0. The van der Waals surface area contributed by atoms with E-state index in [2.05, 4.69) is 72.7 Å². The number of aryl methyl sites for hydroxylation is 1. The van der Waals surface area contributed by atoms with E-state index in [9.17, 15) is 10.1 Å². The molecular weight excluding hydrogens is 698 g/mol. The van der Waals surface area contributed by atoms with Gasteiger partial charge in [-0.25, -0.2) is 0 Å². The number of rotatable bonds is 3. The first-order valence-electron chi connectivity index (χ1n) is 18.2. The van der Waals surface area contributed by atoms with E-state index in [0.29, 0.717) is 16.7 Å². The van der Waals surface area contributed by atoms with Gasteiger partial charge in [0.05, 0.1) is 4.92 Å². The Balaban J connectivity index is -0.000000291. The molecule has 0 heterocycles. The minimum absolute atomic E-state index is 0. The van der Waals surface area contributed by atoms with Crippen LogP contribution in [0, 0.1) is 69.4 Å². The number of nitrogens with zero attached hydrogens (tertiary/aromatic N) is 1. The molecule has 50 heavy (non-hydrogen) atoms. The zero-order valence-electron chi connectivity index (χ0n) is 34.2. The van der Waals surface area contributed by atoms with Crippen LogP contribution in [0.25, 0.3) is 0 Å². The maximum Gasteiger partial charge on any atom is 2.00 e. The van der Waals surface area contributed by atoms with Crippen molar-refractivity contribution in [1.29, 1.82) is 0 Å². The standard InChI is InChI=1S/C15H21NO2.C12H16.C9H18.C5H10.4CH3.2Fe/c1-15(2,3)13-7-4-12(10-13)11-5-8-14(9-6-11)16(17)18;1-10-6-8-12(9-7-10)11-4-2-3-5-11;1-9(2,3)8-6-4-5-7-8;1-2-4-5-3-1;;;;;;/h5-6,8-9,12-13H,4,7,10H2,1-3H3;6-9,11H,2-5H2,1H3;8H,4-7H2,1-3H3;1-5H2;4*1H3;;/q;;;;4*-1;2*+2. The first-order chi connectivity index (χ1) is 20.8. The van der Waals surface area contributed by atoms with Crippen molar-refractivity contribution in [3.63, 3.8) is 0 Å². The van der Waals surface area contributed by atoms with Gasteiger partial charge in [0.2, 0.25) is 0 Å². The van der Waals surface area contributed by atoms with E-state index >= 15 is 0 Å². The number of nitro benzene ring substituents is 1. The minimum atomic E-state index is -0.337. The Bertz CT molecular complexity index is 1080. The van der Waals surface area contributed by atoms with Crippen molar-refractivity contribution >= 4 is 5.69 Å². The second-order valence-corrected chi connectivity index (χ2v) is 16.4.